The van der Waals surface area contributed by atoms with Crippen molar-refractivity contribution in [2.45, 2.75) is 35.6 Å². The standard InChI is InChI=1S/C26H28N4O5S2/c1-17(2)29-36(32,33)21-14-15-23-22(16-21)24(26(31)28-23)25(18-8-6-5-7-9-18)27-19-10-12-20(13-11-19)37(34,35)30(3)4/h5-17,24,29H,1-4H3,(H,28,31). The van der Waals surface area contributed by atoms with Crippen molar-refractivity contribution < 1.29 is 21.6 Å². The number of fused-ring (bicyclic) bond motifs is 1. The maximum absolute atomic E-state index is 13.2. The van der Waals surface area contributed by atoms with E-state index in [0.29, 0.717) is 28.2 Å². The number of carbonyl (C=O) groups excluding carboxylic acids is 1. The summed E-state index contributed by atoms with van der Waals surface area (Å²) in [6.07, 6.45) is 0. The lowest BCUT2D eigenvalue weighted by Crippen LogP contribution is -2.30. The molecule has 3 aromatic rings. The summed E-state index contributed by atoms with van der Waals surface area (Å²) in [4.78, 5) is 18.1. The predicted octanol–water partition coefficient (Wildman–Crippen LogP) is 3.48. The van der Waals surface area contributed by atoms with Gasteiger partial charge in [0.2, 0.25) is 26.0 Å². The Bertz CT molecular complexity index is 1560. The van der Waals surface area contributed by atoms with E-state index >= 15 is 0 Å². The van der Waals surface area contributed by atoms with Gasteiger partial charge >= 0.3 is 0 Å². The minimum Gasteiger partial charge on any atom is -0.325 e. The van der Waals surface area contributed by atoms with Crippen molar-refractivity contribution in [1.82, 2.24) is 9.03 Å². The summed E-state index contributed by atoms with van der Waals surface area (Å²) in [5.41, 5.74) is 2.53. The molecule has 0 radical (unpaired) electrons. The lowest BCUT2D eigenvalue weighted by atomic mass is 9.90. The number of aliphatic imine (C=N–C) groups is 1. The fourth-order valence-corrected chi connectivity index (χ4v) is 6.19. The molecule has 11 heteroatoms. The molecule has 1 aliphatic rings. The Morgan fingerprint density at radius 2 is 1.54 bits per heavy atom. The zero-order valence-electron chi connectivity index (χ0n) is 20.8. The first-order valence-corrected chi connectivity index (χ1v) is 14.5. The smallest absolute Gasteiger partial charge is 0.242 e. The van der Waals surface area contributed by atoms with E-state index in [-0.39, 0.29) is 21.7 Å². The van der Waals surface area contributed by atoms with Gasteiger partial charge in [0.15, 0.2) is 0 Å². The highest BCUT2D eigenvalue weighted by Gasteiger charge is 2.36. The van der Waals surface area contributed by atoms with Gasteiger partial charge in [-0.15, -0.1) is 0 Å². The number of benzene rings is 3. The highest BCUT2D eigenvalue weighted by molar-refractivity contribution is 7.89. The SMILES string of the molecule is CC(C)NS(=O)(=O)c1ccc2c(c1)C(C(=Nc1ccc(S(=O)(=O)N(C)C)cc1)c1ccccc1)C(=O)N2. The third-order valence-corrected chi connectivity index (χ3v) is 9.25. The van der Waals surface area contributed by atoms with Gasteiger partial charge in [0, 0.05) is 25.8 Å². The van der Waals surface area contributed by atoms with Gasteiger partial charge in [-0.3, -0.25) is 9.79 Å². The highest BCUT2D eigenvalue weighted by Crippen LogP contribution is 2.37. The molecule has 9 nitrogen and oxygen atoms in total. The van der Waals surface area contributed by atoms with Crippen molar-refractivity contribution in [3.05, 3.63) is 83.9 Å². The Kier molecular flexibility index (Phi) is 7.33. The number of hydrogen-bond acceptors (Lipinski definition) is 6. The molecule has 3 aromatic carbocycles. The van der Waals surface area contributed by atoms with Crippen LogP contribution in [0.3, 0.4) is 0 Å². The van der Waals surface area contributed by atoms with Gasteiger partial charge < -0.3 is 5.32 Å². The monoisotopic (exact) mass is 540 g/mol. The van der Waals surface area contributed by atoms with E-state index in [9.17, 15) is 21.6 Å². The Morgan fingerprint density at radius 3 is 2.14 bits per heavy atom. The largest absolute Gasteiger partial charge is 0.325 e. The van der Waals surface area contributed by atoms with E-state index in [4.69, 9.17) is 4.99 Å². The van der Waals surface area contributed by atoms with Crippen molar-refractivity contribution >= 4 is 43.0 Å². The molecule has 194 valence electrons. The highest BCUT2D eigenvalue weighted by atomic mass is 32.2. The van der Waals surface area contributed by atoms with Crippen molar-refractivity contribution in [3.8, 4) is 0 Å². The van der Waals surface area contributed by atoms with E-state index in [2.05, 4.69) is 10.0 Å². The molecule has 0 spiro atoms. The van der Waals surface area contributed by atoms with E-state index in [0.717, 1.165) is 4.31 Å². The van der Waals surface area contributed by atoms with Crippen LogP contribution in [-0.2, 0) is 24.8 Å². The summed E-state index contributed by atoms with van der Waals surface area (Å²) >= 11 is 0. The summed E-state index contributed by atoms with van der Waals surface area (Å²) in [6.45, 7) is 3.46. The number of amides is 1. The van der Waals surface area contributed by atoms with E-state index < -0.39 is 26.0 Å². The Morgan fingerprint density at radius 1 is 0.919 bits per heavy atom. The van der Waals surface area contributed by atoms with Crippen LogP contribution < -0.4 is 10.0 Å². The molecule has 1 unspecified atom stereocenters. The number of nitrogens with one attached hydrogen (secondary N) is 2. The fraction of sp³-hybridized carbons (Fsp3) is 0.231. The first-order valence-electron chi connectivity index (χ1n) is 11.5. The summed E-state index contributed by atoms with van der Waals surface area (Å²) in [6, 6.07) is 19.4. The van der Waals surface area contributed by atoms with Gasteiger partial charge in [0.25, 0.3) is 0 Å². The normalized spacial score (nSPS) is 16.2. The maximum atomic E-state index is 13.2. The van der Waals surface area contributed by atoms with Crippen molar-refractivity contribution in [3.63, 3.8) is 0 Å². The molecule has 1 heterocycles. The molecule has 2 N–H and O–H groups in total. The number of rotatable bonds is 8. The minimum absolute atomic E-state index is 0.0482. The van der Waals surface area contributed by atoms with Crippen LogP contribution in [0.2, 0.25) is 0 Å². The summed E-state index contributed by atoms with van der Waals surface area (Å²) in [5, 5.41) is 2.82. The molecule has 0 bridgehead atoms. The Labute approximate surface area is 217 Å². The molecule has 0 fully saturated rings. The van der Waals surface area contributed by atoms with Gasteiger partial charge in [0.05, 0.1) is 21.2 Å². The third kappa shape index (κ3) is 5.49. The van der Waals surface area contributed by atoms with E-state index in [1.54, 1.807) is 32.0 Å². The van der Waals surface area contributed by atoms with Crippen LogP contribution in [0, 0.1) is 0 Å². The molecular formula is C26H28N4O5S2. The minimum atomic E-state index is -3.79. The number of hydrogen-bond donors (Lipinski definition) is 2. The molecule has 0 aromatic heterocycles. The number of nitrogens with zero attached hydrogens (tertiary/aromatic N) is 2. The lowest BCUT2D eigenvalue weighted by Gasteiger charge is -2.16. The first kappa shape index (κ1) is 26.7. The zero-order chi connectivity index (χ0) is 27.0. The number of sulfonamides is 2. The van der Waals surface area contributed by atoms with Crippen molar-refractivity contribution in [2.24, 2.45) is 4.99 Å². The van der Waals surface area contributed by atoms with E-state index in [1.165, 1.54) is 38.4 Å². The molecular weight excluding hydrogens is 512 g/mol. The van der Waals surface area contributed by atoms with Crippen LogP contribution in [-0.4, -0.2) is 52.9 Å². The van der Waals surface area contributed by atoms with Crippen molar-refractivity contribution in [2.75, 3.05) is 19.4 Å². The van der Waals surface area contributed by atoms with Crippen LogP contribution in [0.5, 0.6) is 0 Å². The fourth-order valence-electron chi connectivity index (χ4n) is 4.00. The van der Waals surface area contributed by atoms with Crippen LogP contribution >= 0.6 is 0 Å². The van der Waals surface area contributed by atoms with Crippen LogP contribution in [0.15, 0.2) is 87.6 Å². The second kappa shape index (κ2) is 10.2. The number of carbonyl (C=O) groups is 1. The molecule has 0 saturated carbocycles. The van der Waals surface area contributed by atoms with Crippen LogP contribution in [0.1, 0.15) is 30.9 Å². The summed E-state index contributed by atoms with van der Waals surface area (Å²) in [5.74, 6) is -1.22. The molecule has 0 aliphatic carbocycles. The second-order valence-corrected chi connectivity index (χ2v) is 13.0. The summed E-state index contributed by atoms with van der Waals surface area (Å²) < 4.78 is 54.2. The zero-order valence-corrected chi connectivity index (χ0v) is 22.5. The maximum Gasteiger partial charge on any atom is 0.242 e. The Balaban J connectivity index is 1.83. The topological polar surface area (TPSA) is 125 Å². The molecule has 4 rings (SSSR count). The van der Waals surface area contributed by atoms with Gasteiger partial charge in [0.1, 0.15) is 5.92 Å². The van der Waals surface area contributed by atoms with Gasteiger partial charge in [-0.05, 0) is 67.4 Å². The molecule has 1 aliphatic heterocycles. The predicted molar refractivity (Wildman–Crippen MR) is 143 cm³/mol. The van der Waals surface area contributed by atoms with Gasteiger partial charge in [-0.1, -0.05) is 30.3 Å². The van der Waals surface area contributed by atoms with Crippen LogP contribution in [0.25, 0.3) is 0 Å². The molecule has 1 amide bonds. The number of anilines is 1. The summed E-state index contributed by atoms with van der Waals surface area (Å²) in [7, 11) is -4.49. The average Bonchev–Trinajstić information content (AvgIpc) is 3.17. The average molecular weight is 541 g/mol. The van der Waals surface area contributed by atoms with Crippen LogP contribution in [0.4, 0.5) is 11.4 Å². The molecule has 0 saturated heterocycles. The van der Waals surface area contributed by atoms with Crippen molar-refractivity contribution in [1.29, 1.82) is 0 Å². The quantitative estimate of drug-likeness (QED) is 0.423. The second-order valence-electron chi connectivity index (χ2n) is 9.09. The van der Waals surface area contributed by atoms with Gasteiger partial charge in [-0.2, -0.15) is 0 Å². The lowest BCUT2D eigenvalue weighted by molar-refractivity contribution is -0.115. The first-order chi connectivity index (χ1) is 17.4. The third-order valence-electron chi connectivity index (χ3n) is 5.76. The van der Waals surface area contributed by atoms with E-state index in [1.807, 2.05) is 30.3 Å². The Hall–Kier alpha value is -3.38. The molecule has 1 atom stereocenters. The molecule has 37 heavy (non-hydrogen) atoms. The van der Waals surface area contributed by atoms with Gasteiger partial charge in [-0.25, -0.2) is 25.9 Å².